The van der Waals surface area contributed by atoms with Crippen LogP contribution in [0.1, 0.15) is 15.9 Å². The number of benzene rings is 2. The van der Waals surface area contributed by atoms with Crippen LogP contribution in [0, 0.1) is 6.92 Å². The van der Waals surface area contributed by atoms with E-state index in [-0.39, 0.29) is 10.8 Å². The summed E-state index contributed by atoms with van der Waals surface area (Å²) in [5.74, 6) is -0.220. The topological polar surface area (TPSA) is 78.5 Å². The second-order valence-electron chi connectivity index (χ2n) is 5.83. The van der Waals surface area contributed by atoms with Gasteiger partial charge in [-0.1, -0.05) is 23.8 Å². The maximum Gasteiger partial charge on any atom is 0.261 e. The summed E-state index contributed by atoms with van der Waals surface area (Å²) < 4.78 is 27.6. The fourth-order valence-electron chi connectivity index (χ4n) is 2.23. The molecule has 25 heavy (non-hydrogen) atoms. The molecule has 0 saturated carbocycles. The molecule has 0 saturated heterocycles. The van der Waals surface area contributed by atoms with Crippen LogP contribution in [0.15, 0.2) is 53.4 Å². The van der Waals surface area contributed by atoms with Crippen LogP contribution < -0.4 is 10.0 Å². The highest BCUT2D eigenvalue weighted by Crippen LogP contribution is 2.18. The standard InChI is InChI=1S/C18H23N3O3S/c1-14-7-9-16(10-8-14)20-25(23,24)17-6-4-5-15(13-17)18(22)21(3)12-11-19-2/h4-10,13,19-20H,11-12H2,1-3H3. The molecule has 0 aliphatic rings. The summed E-state index contributed by atoms with van der Waals surface area (Å²) in [4.78, 5) is 14.0. The van der Waals surface area contributed by atoms with Gasteiger partial charge in [-0.15, -0.1) is 0 Å². The quantitative estimate of drug-likeness (QED) is 0.791. The minimum atomic E-state index is -3.76. The Bertz CT molecular complexity index is 833. The number of anilines is 1. The predicted octanol–water partition coefficient (Wildman–Crippen LogP) is 2.09. The van der Waals surface area contributed by atoms with Gasteiger partial charge in [-0.25, -0.2) is 8.42 Å². The lowest BCUT2D eigenvalue weighted by atomic mass is 10.2. The molecule has 0 unspecified atom stereocenters. The molecule has 1 amide bonds. The van der Waals surface area contributed by atoms with Gasteiger partial charge in [0.1, 0.15) is 0 Å². The van der Waals surface area contributed by atoms with Crippen LogP contribution in [0.3, 0.4) is 0 Å². The van der Waals surface area contributed by atoms with Crippen LogP contribution in [0.2, 0.25) is 0 Å². The van der Waals surface area contributed by atoms with Gasteiger partial charge in [-0.2, -0.15) is 0 Å². The zero-order chi connectivity index (χ0) is 18.4. The number of aryl methyl sites for hydroxylation is 1. The van der Waals surface area contributed by atoms with Gasteiger partial charge in [0.2, 0.25) is 0 Å². The van der Waals surface area contributed by atoms with Gasteiger partial charge in [0, 0.05) is 31.4 Å². The van der Waals surface area contributed by atoms with E-state index in [1.807, 2.05) is 26.1 Å². The Morgan fingerprint density at radius 1 is 1.12 bits per heavy atom. The Morgan fingerprint density at radius 3 is 2.44 bits per heavy atom. The minimum absolute atomic E-state index is 0.0564. The van der Waals surface area contributed by atoms with E-state index in [1.54, 1.807) is 36.2 Å². The van der Waals surface area contributed by atoms with Crippen LogP contribution in [0.25, 0.3) is 0 Å². The summed E-state index contributed by atoms with van der Waals surface area (Å²) in [5.41, 5.74) is 1.86. The summed E-state index contributed by atoms with van der Waals surface area (Å²) in [6.45, 7) is 3.13. The highest BCUT2D eigenvalue weighted by atomic mass is 32.2. The zero-order valence-corrected chi connectivity index (χ0v) is 15.4. The number of hydrogen-bond donors (Lipinski definition) is 2. The monoisotopic (exact) mass is 361 g/mol. The minimum Gasteiger partial charge on any atom is -0.340 e. The predicted molar refractivity (Wildman–Crippen MR) is 99.3 cm³/mol. The molecule has 2 rings (SSSR count). The average Bonchev–Trinajstić information content (AvgIpc) is 2.61. The number of amides is 1. The number of hydrogen-bond acceptors (Lipinski definition) is 4. The molecule has 6 nitrogen and oxygen atoms in total. The highest BCUT2D eigenvalue weighted by molar-refractivity contribution is 7.92. The van der Waals surface area contributed by atoms with Gasteiger partial charge >= 0.3 is 0 Å². The Kier molecular flexibility index (Phi) is 6.17. The maximum atomic E-state index is 12.6. The Labute approximate surface area is 148 Å². The number of nitrogens with zero attached hydrogens (tertiary/aromatic N) is 1. The number of carbonyl (C=O) groups is 1. The molecule has 0 aliphatic carbocycles. The molecular weight excluding hydrogens is 338 g/mol. The molecule has 0 heterocycles. The molecule has 0 bridgehead atoms. The second kappa shape index (κ2) is 8.13. The third-order valence-corrected chi connectivity index (χ3v) is 5.12. The molecule has 0 radical (unpaired) electrons. The number of carbonyl (C=O) groups excluding carboxylic acids is 1. The largest absolute Gasteiger partial charge is 0.340 e. The normalized spacial score (nSPS) is 11.2. The lowest BCUT2D eigenvalue weighted by Crippen LogP contribution is -2.32. The molecular formula is C18H23N3O3S. The van der Waals surface area contributed by atoms with Gasteiger partial charge in [0.05, 0.1) is 4.90 Å². The molecule has 2 aromatic rings. The summed E-state index contributed by atoms with van der Waals surface area (Å²) in [7, 11) is -0.264. The molecule has 7 heteroatoms. The molecule has 0 aromatic heterocycles. The van der Waals surface area contributed by atoms with Gasteiger partial charge < -0.3 is 10.2 Å². The van der Waals surface area contributed by atoms with Crippen molar-refractivity contribution < 1.29 is 13.2 Å². The Morgan fingerprint density at radius 2 is 1.80 bits per heavy atom. The lowest BCUT2D eigenvalue weighted by molar-refractivity contribution is 0.0796. The van der Waals surface area contributed by atoms with E-state index in [9.17, 15) is 13.2 Å². The van der Waals surface area contributed by atoms with Crippen molar-refractivity contribution in [2.75, 3.05) is 31.9 Å². The van der Waals surface area contributed by atoms with Crippen molar-refractivity contribution in [3.8, 4) is 0 Å². The second-order valence-corrected chi connectivity index (χ2v) is 7.51. The molecule has 0 atom stereocenters. The molecule has 2 N–H and O–H groups in total. The first-order valence-electron chi connectivity index (χ1n) is 7.93. The van der Waals surface area contributed by atoms with Gasteiger partial charge in [0.15, 0.2) is 0 Å². The Balaban J connectivity index is 2.21. The van der Waals surface area contributed by atoms with Gasteiger partial charge in [-0.3, -0.25) is 9.52 Å². The van der Waals surface area contributed by atoms with Crippen LogP contribution in [-0.4, -0.2) is 46.4 Å². The average molecular weight is 361 g/mol. The van der Waals surface area contributed by atoms with Crippen LogP contribution >= 0.6 is 0 Å². The van der Waals surface area contributed by atoms with E-state index in [4.69, 9.17) is 0 Å². The molecule has 2 aromatic carbocycles. The summed E-state index contributed by atoms with van der Waals surface area (Å²) >= 11 is 0. The van der Waals surface area contributed by atoms with E-state index >= 15 is 0 Å². The van der Waals surface area contributed by atoms with E-state index in [2.05, 4.69) is 10.0 Å². The number of sulfonamides is 1. The van der Waals surface area contributed by atoms with Gasteiger partial charge in [-0.05, 0) is 44.3 Å². The number of nitrogens with one attached hydrogen (secondary N) is 2. The molecule has 0 aliphatic heterocycles. The van der Waals surface area contributed by atoms with Crippen molar-refractivity contribution in [3.05, 3.63) is 59.7 Å². The van der Waals surface area contributed by atoms with Crippen molar-refractivity contribution >= 4 is 21.6 Å². The summed E-state index contributed by atoms with van der Waals surface area (Å²) in [5, 5.41) is 2.97. The third-order valence-electron chi connectivity index (χ3n) is 3.74. The molecule has 0 spiro atoms. The SMILES string of the molecule is CNCCN(C)C(=O)c1cccc(S(=O)(=O)Nc2ccc(C)cc2)c1. The lowest BCUT2D eigenvalue weighted by Gasteiger charge is -2.17. The number of likely N-dealkylation sites (N-methyl/N-ethyl adjacent to an activating group) is 2. The summed E-state index contributed by atoms with van der Waals surface area (Å²) in [6.07, 6.45) is 0. The van der Waals surface area contributed by atoms with Crippen molar-refractivity contribution in [2.24, 2.45) is 0 Å². The highest BCUT2D eigenvalue weighted by Gasteiger charge is 2.18. The van der Waals surface area contributed by atoms with E-state index in [0.717, 1.165) is 5.56 Å². The first-order valence-corrected chi connectivity index (χ1v) is 9.41. The first-order chi connectivity index (χ1) is 11.8. The van der Waals surface area contributed by atoms with Gasteiger partial charge in [0.25, 0.3) is 15.9 Å². The smallest absolute Gasteiger partial charge is 0.261 e. The molecule has 0 fully saturated rings. The van der Waals surface area contributed by atoms with Crippen LogP contribution in [-0.2, 0) is 10.0 Å². The fourth-order valence-corrected chi connectivity index (χ4v) is 3.34. The summed E-state index contributed by atoms with van der Waals surface area (Å²) in [6, 6.07) is 13.1. The van der Waals surface area contributed by atoms with Crippen molar-refractivity contribution in [2.45, 2.75) is 11.8 Å². The van der Waals surface area contributed by atoms with Crippen molar-refractivity contribution in [3.63, 3.8) is 0 Å². The van der Waals surface area contributed by atoms with Crippen molar-refractivity contribution in [1.29, 1.82) is 0 Å². The Hall–Kier alpha value is -2.38. The van der Waals surface area contributed by atoms with Crippen LogP contribution in [0.5, 0.6) is 0 Å². The fraction of sp³-hybridized carbons (Fsp3) is 0.278. The van der Waals surface area contributed by atoms with Crippen molar-refractivity contribution in [1.82, 2.24) is 10.2 Å². The zero-order valence-electron chi connectivity index (χ0n) is 14.6. The first kappa shape index (κ1) is 19.0. The maximum absolute atomic E-state index is 12.6. The van der Waals surface area contributed by atoms with E-state index in [1.165, 1.54) is 12.1 Å². The van der Waals surface area contributed by atoms with Crippen LogP contribution in [0.4, 0.5) is 5.69 Å². The molecule has 134 valence electrons. The van der Waals surface area contributed by atoms with E-state index in [0.29, 0.717) is 24.3 Å². The number of rotatable bonds is 7. The third kappa shape index (κ3) is 5.04. The van der Waals surface area contributed by atoms with E-state index < -0.39 is 10.0 Å².